The first-order chi connectivity index (χ1) is 10.3. The Morgan fingerprint density at radius 3 is 2.57 bits per heavy atom. The van der Waals surface area contributed by atoms with Crippen molar-refractivity contribution < 1.29 is 0 Å². The monoisotopic (exact) mass is 273 g/mol. The molecule has 3 heteroatoms. The molecule has 0 aliphatic rings. The fraction of sp³-hybridized carbons (Fsp3) is 0.0556. The Morgan fingerprint density at radius 2 is 1.67 bits per heavy atom. The number of aromatic nitrogens is 2. The molecule has 0 unspecified atom stereocenters. The van der Waals surface area contributed by atoms with Crippen molar-refractivity contribution >= 4 is 27.5 Å². The van der Waals surface area contributed by atoms with Crippen LogP contribution in [0.1, 0.15) is 5.56 Å². The maximum Gasteiger partial charge on any atom is 0.0723 e. The molecule has 2 aromatic heterocycles. The van der Waals surface area contributed by atoms with E-state index in [1.165, 1.54) is 16.5 Å². The van der Waals surface area contributed by atoms with Gasteiger partial charge in [-0.25, -0.2) is 0 Å². The molecule has 102 valence electrons. The SMILES string of the molecule is Cc1cn(Nc2ccnc3ccccc23)c2ccccc12. The lowest BCUT2D eigenvalue weighted by Crippen LogP contribution is -2.07. The molecule has 4 aromatic rings. The summed E-state index contributed by atoms with van der Waals surface area (Å²) in [6, 6.07) is 18.6. The Labute approximate surface area is 122 Å². The molecule has 0 aliphatic heterocycles. The van der Waals surface area contributed by atoms with E-state index in [2.05, 4.69) is 58.5 Å². The van der Waals surface area contributed by atoms with Crippen molar-refractivity contribution in [1.82, 2.24) is 9.66 Å². The molecule has 2 aromatic carbocycles. The van der Waals surface area contributed by atoms with Crippen LogP contribution in [-0.2, 0) is 0 Å². The topological polar surface area (TPSA) is 29.9 Å². The van der Waals surface area contributed by atoms with Gasteiger partial charge in [-0.1, -0.05) is 36.4 Å². The van der Waals surface area contributed by atoms with Gasteiger partial charge in [0.25, 0.3) is 0 Å². The Kier molecular flexibility index (Phi) is 2.64. The lowest BCUT2D eigenvalue weighted by molar-refractivity contribution is 1.01. The highest BCUT2D eigenvalue weighted by Crippen LogP contribution is 2.24. The van der Waals surface area contributed by atoms with Crippen molar-refractivity contribution in [2.75, 3.05) is 5.43 Å². The lowest BCUT2D eigenvalue weighted by Gasteiger charge is -2.11. The predicted molar refractivity (Wildman–Crippen MR) is 87.4 cm³/mol. The Hall–Kier alpha value is -2.81. The third kappa shape index (κ3) is 1.94. The molecule has 0 radical (unpaired) electrons. The number of aryl methyl sites for hydroxylation is 1. The molecule has 2 heterocycles. The predicted octanol–water partition coefficient (Wildman–Crippen LogP) is 4.37. The van der Waals surface area contributed by atoms with Gasteiger partial charge in [0, 0.05) is 23.2 Å². The third-order valence-corrected chi connectivity index (χ3v) is 3.80. The molecule has 0 saturated heterocycles. The van der Waals surface area contributed by atoms with Crippen LogP contribution in [0.2, 0.25) is 0 Å². The van der Waals surface area contributed by atoms with E-state index in [0.29, 0.717) is 0 Å². The lowest BCUT2D eigenvalue weighted by atomic mass is 10.2. The van der Waals surface area contributed by atoms with Gasteiger partial charge >= 0.3 is 0 Å². The van der Waals surface area contributed by atoms with Crippen LogP contribution in [0, 0.1) is 6.92 Å². The highest BCUT2D eigenvalue weighted by Gasteiger charge is 2.06. The number of fused-ring (bicyclic) bond motifs is 2. The molecule has 0 fully saturated rings. The standard InChI is InChI=1S/C18H15N3/c1-13-12-21(18-9-5-3-6-14(13)18)20-17-10-11-19-16-8-4-2-7-15(16)17/h2-12H,1H3,(H,19,20). The normalized spacial score (nSPS) is 11.1. The molecule has 4 rings (SSSR count). The molecular formula is C18H15N3. The number of hydrogen-bond donors (Lipinski definition) is 1. The summed E-state index contributed by atoms with van der Waals surface area (Å²) in [6.45, 7) is 2.13. The van der Waals surface area contributed by atoms with E-state index in [1.54, 1.807) is 0 Å². The Balaban J connectivity index is 1.87. The maximum absolute atomic E-state index is 4.40. The largest absolute Gasteiger partial charge is 0.294 e. The number of rotatable bonds is 2. The first-order valence-corrected chi connectivity index (χ1v) is 7.00. The van der Waals surface area contributed by atoms with Crippen LogP contribution >= 0.6 is 0 Å². The molecule has 1 N–H and O–H groups in total. The van der Waals surface area contributed by atoms with Gasteiger partial charge in [-0.15, -0.1) is 0 Å². The zero-order valence-electron chi connectivity index (χ0n) is 11.7. The van der Waals surface area contributed by atoms with Crippen LogP contribution in [0.25, 0.3) is 21.8 Å². The molecule has 21 heavy (non-hydrogen) atoms. The minimum Gasteiger partial charge on any atom is -0.294 e. The number of para-hydroxylation sites is 2. The summed E-state index contributed by atoms with van der Waals surface area (Å²) in [5.74, 6) is 0. The second-order valence-electron chi connectivity index (χ2n) is 5.19. The third-order valence-electron chi connectivity index (χ3n) is 3.80. The van der Waals surface area contributed by atoms with E-state index in [9.17, 15) is 0 Å². The first-order valence-electron chi connectivity index (χ1n) is 7.00. The summed E-state index contributed by atoms with van der Waals surface area (Å²) in [5, 5.41) is 2.39. The van der Waals surface area contributed by atoms with E-state index in [4.69, 9.17) is 0 Å². The quantitative estimate of drug-likeness (QED) is 0.587. The summed E-state index contributed by atoms with van der Waals surface area (Å²) in [7, 11) is 0. The van der Waals surface area contributed by atoms with Crippen LogP contribution in [-0.4, -0.2) is 9.66 Å². The highest BCUT2D eigenvalue weighted by atomic mass is 15.4. The molecule has 0 bridgehead atoms. The van der Waals surface area contributed by atoms with E-state index in [-0.39, 0.29) is 0 Å². The molecule has 0 saturated carbocycles. The summed E-state index contributed by atoms with van der Waals surface area (Å²) in [6.07, 6.45) is 3.96. The summed E-state index contributed by atoms with van der Waals surface area (Å²) in [5.41, 5.74) is 7.98. The molecule has 3 nitrogen and oxygen atoms in total. The maximum atomic E-state index is 4.40. The minimum absolute atomic E-state index is 0.996. The number of benzene rings is 2. The van der Waals surface area contributed by atoms with Crippen LogP contribution in [0.15, 0.2) is 67.0 Å². The number of nitrogens with one attached hydrogen (secondary N) is 1. The minimum atomic E-state index is 0.996. The van der Waals surface area contributed by atoms with Crippen LogP contribution in [0.4, 0.5) is 5.69 Å². The zero-order chi connectivity index (χ0) is 14.2. The molecule has 0 aliphatic carbocycles. The average Bonchev–Trinajstić information content (AvgIpc) is 2.85. The summed E-state index contributed by atoms with van der Waals surface area (Å²) >= 11 is 0. The van der Waals surface area contributed by atoms with Gasteiger partial charge in [-0.2, -0.15) is 0 Å². The fourth-order valence-electron chi connectivity index (χ4n) is 2.77. The van der Waals surface area contributed by atoms with E-state index in [0.717, 1.165) is 16.6 Å². The molecule has 0 spiro atoms. The Morgan fingerprint density at radius 1 is 0.905 bits per heavy atom. The van der Waals surface area contributed by atoms with Crippen molar-refractivity contribution in [2.24, 2.45) is 0 Å². The van der Waals surface area contributed by atoms with Crippen molar-refractivity contribution in [1.29, 1.82) is 0 Å². The fourth-order valence-corrected chi connectivity index (χ4v) is 2.77. The number of hydrogen-bond acceptors (Lipinski definition) is 2. The smallest absolute Gasteiger partial charge is 0.0723 e. The van der Waals surface area contributed by atoms with Gasteiger partial charge in [0.05, 0.1) is 16.7 Å². The van der Waals surface area contributed by atoms with E-state index >= 15 is 0 Å². The zero-order valence-corrected chi connectivity index (χ0v) is 11.7. The van der Waals surface area contributed by atoms with Gasteiger partial charge in [0.15, 0.2) is 0 Å². The van der Waals surface area contributed by atoms with Gasteiger partial charge < -0.3 is 0 Å². The second kappa shape index (κ2) is 4.63. The van der Waals surface area contributed by atoms with Crippen molar-refractivity contribution in [3.63, 3.8) is 0 Å². The van der Waals surface area contributed by atoms with Crippen molar-refractivity contribution in [2.45, 2.75) is 6.92 Å². The Bertz CT molecular complexity index is 932. The molecule has 0 amide bonds. The van der Waals surface area contributed by atoms with Crippen molar-refractivity contribution in [3.05, 3.63) is 72.6 Å². The number of pyridine rings is 1. The van der Waals surface area contributed by atoms with Gasteiger partial charge in [0.2, 0.25) is 0 Å². The average molecular weight is 273 g/mol. The summed E-state index contributed by atoms with van der Waals surface area (Å²) in [4.78, 5) is 4.40. The van der Waals surface area contributed by atoms with E-state index < -0.39 is 0 Å². The summed E-state index contributed by atoms with van der Waals surface area (Å²) < 4.78 is 2.08. The van der Waals surface area contributed by atoms with Crippen molar-refractivity contribution in [3.8, 4) is 0 Å². The second-order valence-corrected chi connectivity index (χ2v) is 5.19. The van der Waals surface area contributed by atoms with Crippen LogP contribution < -0.4 is 5.43 Å². The van der Waals surface area contributed by atoms with Gasteiger partial charge in [-0.3, -0.25) is 15.1 Å². The van der Waals surface area contributed by atoms with Gasteiger partial charge in [0.1, 0.15) is 0 Å². The van der Waals surface area contributed by atoms with Crippen LogP contribution in [0.5, 0.6) is 0 Å². The van der Waals surface area contributed by atoms with Crippen LogP contribution in [0.3, 0.4) is 0 Å². The highest BCUT2D eigenvalue weighted by molar-refractivity contribution is 5.92. The van der Waals surface area contributed by atoms with E-state index in [1.807, 2.05) is 30.5 Å². The molecular weight excluding hydrogens is 258 g/mol. The van der Waals surface area contributed by atoms with Gasteiger partial charge in [-0.05, 0) is 30.7 Å². The molecule has 0 atom stereocenters. The number of nitrogens with zero attached hydrogens (tertiary/aromatic N) is 2. The first kappa shape index (κ1) is 12.0. The number of anilines is 1.